The van der Waals surface area contributed by atoms with Gasteiger partial charge in [0.1, 0.15) is 0 Å². The Kier molecular flexibility index (Phi) is 13.2. The summed E-state index contributed by atoms with van der Waals surface area (Å²) >= 11 is 13.1. The van der Waals surface area contributed by atoms with E-state index in [1.54, 1.807) is 19.4 Å². The first-order valence-electron chi connectivity index (χ1n) is 21.8. The molecule has 0 spiro atoms. The molecule has 1 saturated carbocycles. The fraction of sp³-hybridized carbons (Fsp3) is 0.579. The highest BCUT2D eigenvalue weighted by Crippen LogP contribution is 2.40. The number of carbonyl (C=O) groups excluding carboxylic acids is 4. The van der Waals surface area contributed by atoms with Crippen molar-refractivity contribution in [1.29, 1.82) is 0 Å². The molecular weight excluding hydrogens is 939 g/mol. The number of nitrogens with zero attached hydrogens (tertiary/aromatic N) is 12. The van der Waals surface area contributed by atoms with Gasteiger partial charge in [-0.1, -0.05) is 0 Å². The van der Waals surface area contributed by atoms with Crippen molar-refractivity contribution < 1.29 is 47.6 Å². The summed E-state index contributed by atoms with van der Waals surface area (Å²) in [5, 5.41) is 18.6. The Morgan fingerprint density at radius 3 is 1.32 bits per heavy atom. The summed E-state index contributed by atoms with van der Waals surface area (Å²) in [6.45, 7) is 9.83. The number of esters is 4. The van der Waals surface area contributed by atoms with Crippen LogP contribution in [0.5, 0.6) is 0 Å². The van der Waals surface area contributed by atoms with Gasteiger partial charge in [0.05, 0.1) is 12.7 Å². The molecule has 0 bridgehead atoms. The average Bonchev–Trinajstić information content (AvgIpc) is 4.15. The van der Waals surface area contributed by atoms with Crippen LogP contribution in [0.1, 0.15) is 79.7 Å². The number of nitrogens with one attached hydrogen (secondary N) is 6. The van der Waals surface area contributed by atoms with Gasteiger partial charge < -0.3 is 39.1 Å². The summed E-state index contributed by atoms with van der Waals surface area (Å²) in [5.74, 6) is -1.14. The van der Waals surface area contributed by atoms with E-state index in [2.05, 4.69) is 72.7 Å². The number of hydrazone groups is 2. The number of aromatic nitrogens is 8. The minimum Gasteiger partial charge on any atom is -0.455 e. The molecule has 28 nitrogen and oxygen atoms in total. The molecule has 4 aromatic rings. The van der Waals surface area contributed by atoms with Crippen molar-refractivity contribution in [2.75, 3.05) is 23.7 Å². The molecule has 0 aromatic carbocycles. The first-order chi connectivity index (χ1) is 32.7. The molecule has 1 aliphatic carbocycles. The molecule has 5 aliphatic rings. The Hall–Kier alpha value is -6.46. The third-order valence-electron chi connectivity index (χ3n) is 11.6. The maximum atomic E-state index is 12.4. The number of hydrogen-bond acceptors (Lipinski definition) is 26. The second-order valence-electron chi connectivity index (χ2n) is 16.3. The molecular formula is C38H48Cl2N18O10. The second-order valence-corrected chi connectivity index (χ2v) is 16.9. The second kappa shape index (κ2) is 19.3. The molecule has 364 valence electrons. The van der Waals surface area contributed by atoms with Gasteiger partial charge >= 0.3 is 23.9 Å². The maximum absolute atomic E-state index is 12.4. The van der Waals surface area contributed by atoms with Crippen LogP contribution in [-0.2, 0) is 47.6 Å². The van der Waals surface area contributed by atoms with Gasteiger partial charge in [0.25, 0.3) is 0 Å². The standard InChI is InChI=1S/C38H48Cl2N18O10/c1-7-57-51-31(49-53-57)25-23(63-15(3)59)27(65-17(5)61)35(67-25)55-13-41-21-29(45-37(39)47-33(21)55)43-19-9-11-20(12-10-19)44-30-22-34(48-38(40)46-30)56(14-42-22)36-28(66-18(6)62)24(64-16(4)60)26(68-36)32-50-54-58(8-2)52-32/h13-14,19-20,23-28,35-36,53-54H,7-12H2,1-6H3,(H,49,51)(H,50,52)(H,43,45,47)(H,44,46,48)/t19?,20?,23-,24-,25+,26+,27-,28-,35-,36-/m1/s1. The number of hydrazine groups is 4. The van der Waals surface area contributed by atoms with Crippen LogP contribution in [0.25, 0.3) is 22.3 Å². The Labute approximate surface area is 396 Å². The predicted octanol–water partition coefficient (Wildman–Crippen LogP) is 0.946. The van der Waals surface area contributed by atoms with Gasteiger partial charge in [0, 0.05) is 52.9 Å². The molecule has 68 heavy (non-hydrogen) atoms. The molecule has 3 fully saturated rings. The predicted molar refractivity (Wildman–Crippen MR) is 236 cm³/mol. The van der Waals surface area contributed by atoms with Gasteiger partial charge in [-0.15, -0.1) is 20.4 Å². The zero-order chi connectivity index (χ0) is 48.0. The van der Waals surface area contributed by atoms with Gasteiger partial charge in [0.15, 0.2) is 94.7 Å². The summed E-state index contributed by atoms with van der Waals surface area (Å²) in [6.07, 6.45) is -2.88. The van der Waals surface area contributed by atoms with E-state index in [0.717, 1.165) is 0 Å². The number of hydrogen-bond donors (Lipinski definition) is 6. The van der Waals surface area contributed by atoms with E-state index in [9.17, 15) is 19.2 Å². The van der Waals surface area contributed by atoms with E-state index in [4.69, 9.17) is 51.6 Å². The van der Waals surface area contributed by atoms with Crippen LogP contribution in [0, 0.1) is 0 Å². The van der Waals surface area contributed by atoms with E-state index in [0.29, 0.717) is 73.1 Å². The number of anilines is 2. The van der Waals surface area contributed by atoms with E-state index in [1.165, 1.54) is 40.3 Å². The SMILES string of the molecule is CCN1NN=C([C@H]2O[C@@H](n3cnc4c(NC5CCC(Nc6nc(Cl)nc7c6ncn7[C@@H]6O[C@H](C7=NNN(CC)N7)[C@@H](OC(C)=O)[C@H]6OC(C)=O)CC5)nc(Cl)nc43)[C@H](OC(C)=O)[C@@H]2OC(C)=O)N1. The number of carbonyl (C=O) groups is 4. The number of halogens is 2. The Morgan fingerprint density at radius 1 is 0.618 bits per heavy atom. The minimum absolute atomic E-state index is 0.0651. The maximum Gasteiger partial charge on any atom is 0.303 e. The molecule has 0 radical (unpaired) electrons. The number of rotatable bonds is 14. The fourth-order valence-electron chi connectivity index (χ4n) is 8.72. The van der Waals surface area contributed by atoms with Crippen LogP contribution >= 0.6 is 23.2 Å². The number of amidine groups is 2. The van der Waals surface area contributed by atoms with Crippen molar-refractivity contribution in [3.8, 4) is 0 Å². The minimum atomic E-state index is -1.13. The normalized spacial score (nSPS) is 28.2. The molecule has 9 rings (SSSR count). The van der Waals surface area contributed by atoms with Crippen LogP contribution < -0.4 is 32.6 Å². The van der Waals surface area contributed by atoms with Crippen LogP contribution in [0.15, 0.2) is 22.9 Å². The summed E-state index contributed by atoms with van der Waals surface area (Å²) in [7, 11) is 0. The fourth-order valence-corrected chi connectivity index (χ4v) is 9.05. The van der Waals surface area contributed by atoms with Crippen molar-refractivity contribution in [2.24, 2.45) is 10.2 Å². The zero-order valence-corrected chi connectivity index (χ0v) is 38.9. The zero-order valence-electron chi connectivity index (χ0n) is 37.4. The third-order valence-corrected chi connectivity index (χ3v) is 11.9. The Balaban J connectivity index is 0.911. The lowest BCUT2D eigenvalue weighted by Crippen LogP contribution is -2.48. The number of imidazole rings is 2. The Morgan fingerprint density at radius 2 is 0.985 bits per heavy atom. The van der Waals surface area contributed by atoms with Crippen molar-refractivity contribution in [3.63, 3.8) is 0 Å². The summed E-state index contributed by atoms with van der Waals surface area (Å²) in [6, 6.07) is -0.130. The van der Waals surface area contributed by atoms with Gasteiger partial charge in [0.2, 0.25) is 10.6 Å². The number of fused-ring (bicyclic) bond motifs is 2. The first-order valence-corrected chi connectivity index (χ1v) is 22.5. The van der Waals surface area contributed by atoms with Gasteiger partial charge in [-0.2, -0.15) is 19.9 Å². The van der Waals surface area contributed by atoms with E-state index in [-0.39, 0.29) is 33.9 Å². The highest BCUT2D eigenvalue weighted by Gasteiger charge is 2.55. The van der Waals surface area contributed by atoms with Gasteiger partial charge in [-0.3, -0.25) is 39.2 Å². The lowest BCUT2D eigenvalue weighted by atomic mass is 9.91. The van der Waals surface area contributed by atoms with Crippen LogP contribution in [0.3, 0.4) is 0 Å². The van der Waals surface area contributed by atoms with E-state index >= 15 is 0 Å². The molecule has 0 unspecified atom stereocenters. The number of ether oxygens (including phenoxy) is 6. The van der Waals surface area contributed by atoms with Gasteiger partial charge in [-0.25, -0.2) is 21.0 Å². The molecule has 8 atom stereocenters. The first kappa shape index (κ1) is 46.6. The molecule has 8 heterocycles. The molecule has 4 aromatic heterocycles. The van der Waals surface area contributed by atoms with Crippen LogP contribution in [-0.4, -0.2) is 147 Å². The van der Waals surface area contributed by atoms with E-state index in [1.807, 2.05) is 13.8 Å². The monoisotopic (exact) mass is 986 g/mol. The summed E-state index contributed by atoms with van der Waals surface area (Å²) < 4.78 is 38.8. The Bertz CT molecular complexity index is 2480. The van der Waals surface area contributed by atoms with Crippen LogP contribution in [0.2, 0.25) is 10.6 Å². The van der Waals surface area contributed by atoms with E-state index < -0.39 is 73.0 Å². The molecule has 0 amide bonds. The topological polar surface area (TPSA) is 314 Å². The molecule has 2 saturated heterocycles. The van der Waals surface area contributed by atoms with Crippen molar-refractivity contribution in [1.82, 2.24) is 71.2 Å². The lowest BCUT2D eigenvalue weighted by Gasteiger charge is -2.30. The summed E-state index contributed by atoms with van der Waals surface area (Å²) in [5.41, 5.74) is 13.0. The largest absolute Gasteiger partial charge is 0.455 e. The summed E-state index contributed by atoms with van der Waals surface area (Å²) in [4.78, 5) is 76.7. The van der Waals surface area contributed by atoms with Crippen LogP contribution in [0.4, 0.5) is 11.6 Å². The van der Waals surface area contributed by atoms with Crippen molar-refractivity contribution >= 4 is 92.7 Å². The quantitative estimate of drug-likeness (QED) is 0.0582. The smallest absolute Gasteiger partial charge is 0.303 e. The molecule has 4 aliphatic heterocycles. The lowest BCUT2D eigenvalue weighted by molar-refractivity contribution is -0.165. The molecule has 30 heteroatoms. The van der Waals surface area contributed by atoms with Crippen molar-refractivity contribution in [2.45, 2.75) is 128 Å². The molecule has 6 N–H and O–H groups in total. The average molecular weight is 988 g/mol. The van der Waals surface area contributed by atoms with Gasteiger partial charge in [-0.05, 0) is 62.7 Å². The highest BCUT2D eigenvalue weighted by atomic mass is 35.5. The highest BCUT2D eigenvalue weighted by molar-refractivity contribution is 6.29. The van der Waals surface area contributed by atoms with Crippen molar-refractivity contribution in [3.05, 3.63) is 23.2 Å². The third kappa shape index (κ3) is 9.37.